The van der Waals surface area contributed by atoms with Crippen molar-refractivity contribution in [1.82, 2.24) is 0 Å². The van der Waals surface area contributed by atoms with E-state index in [-0.39, 0.29) is 12.7 Å². The zero-order valence-electron chi connectivity index (χ0n) is 14.3. The molecule has 1 aliphatic rings. The normalized spacial score (nSPS) is 23.5. The number of ether oxygens (including phenoxy) is 2. The Morgan fingerprint density at radius 1 is 1.04 bits per heavy atom. The van der Waals surface area contributed by atoms with Crippen LogP contribution in [0.5, 0.6) is 0 Å². The molecule has 2 aromatic rings. The average Bonchev–Trinajstić information content (AvgIpc) is 3.08. The molecule has 2 aromatic carbocycles. The lowest BCUT2D eigenvalue weighted by molar-refractivity contribution is -0.144. The Morgan fingerprint density at radius 3 is 2.54 bits per heavy atom. The Labute approximate surface area is 144 Å². The van der Waals surface area contributed by atoms with Gasteiger partial charge in [0.15, 0.2) is 0 Å². The van der Waals surface area contributed by atoms with E-state index in [1.54, 1.807) is 0 Å². The third kappa shape index (κ3) is 3.39. The Hall–Kier alpha value is -1.68. The van der Waals surface area contributed by atoms with Crippen molar-refractivity contribution in [3.05, 3.63) is 71.3 Å². The van der Waals surface area contributed by atoms with Crippen LogP contribution in [0.3, 0.4) is 0 Å². The molecule has 24 heavy (non-hydrogen) atoms. The minimum absolute atomic E-state index is 0.0298. The van der Waals surface area contributed by atoms with E-state index in [1.165, 1.54) is 12.8 Å². The molecule has 3 rings (SSSR count). The van der Waals surface area contributed by atoms with E-state index in [4.69, 9.17) is 9.47 Å². The Morgan fingerprint density at radius 2 is 1.79 bits per heavy atom. The lowest BCUT2D eigenvalue weighted by Crippen LogP contribution is -2.31. The molecule has 0 aliphatic carbocycles. The SMILES string of the molecule is CCCCCC1COC(c2ccccc2)(c2ccccc2CO)O1. The van der Waals surface area contributed by atoms with Crippen LogP contribution in [-0.4, -0.2) is 17.8 Å². The number of aliphatic hydroxyl groups is 1. The zero-order valence-corrected chi connectivity index (χ0v) is 14.3. The molecule has 1 N–H and O–H groups in total. The number of unbranched alkanes of at least 4 members (excludes halogenated alkanes) is 2. The predicted octanol–water partition coefficient (Wildman–Crippen LogP) is 4.38. The van der Waals surface area contributed by atoms with Crippen molar-refractivity contribution >= 4 is 0 Å². The maximum absolute atomic E-state index is 9.77. The molecule has 2 atom stereocenters. The molecule has 1 fully saturated rings. The Kier molecular flexibility index (Phi) is 5.67. The van der Waals surface area contributed by atoms with Crippen molar-refractivity contribution in [3.8, 4) is 0 Å². The fourth-order valence-corrected chi connectivity index (χ4v) is 3.36. The molecule has 2 unspecified atom stereocenters. The van der Waals surface area contributed by atoms with Crippen molar-refractivity contribution in [1.29, 1.82) is 0 Å². The maximum atomic E-state index is 9.77. The van der Waals surface area contributed by atoms with Gasteiger partial charge in [-0.1, -0.05) is 80.8 Å². The molecule has 1 aliphatic heterocycles. The van der Waals surface area contributed by atoms with Gasteiger partial charge in [0.2, 0.25) is 5.79 Å². The molecule has 0 amide bonds. The summed E-state index contributed by atoms with van der Waals surface area (Å²) in [7, 11) is 0. The van der Waals surface area contributed by atoms with E-state index in [2.05, 4.69) is 6.92 Å². The van der Waals surface area contributed by atoms with Gasteiger partial charge in [-0.05, 0) is 12.0 Å². The van der Waals surface area contributed by atoms with Crippen LogP contribution in [0.25, 0.3) is 0 Å². The molecular formula is C21H26O3. The van der Waals surface area contributed by atoms with E-state index >= 15 is 0 Å². The molecule has 3 heteroatoms. The minimum atomic E-state index is -0.919. The summed E-state index contributed by atoms with van der Waals surface area (Å²) >= 11 is 0. The average molecular weight is 326 g/mol. The van der Waals surface area contributed by atoms with Crippen molar-refractivity contribution in [3.63, 3.8) is 0 Å². The first-order valence-electron chi connectivity index (χ1n) is 8.86. The molecule has 1 saturated heterocycles. The number of aliphatic hydroxyl groups excluding tert-OH is 1. The monoisotopic (exact) mass is 326 g/mol. The smallest absolute Gasteiger partial charge is 0.223 e. The third-order valence-electron chi connectivity index (χ3n) is 4.63. The van der Waals surface area contributed by atoms with Crippen LogP contribution < -0.4 is 0 Å². The lowest BCUT2D eigenvalue weighted by atomic mass is 9.93. The van der Waals surface area contributed by atoms with Gasteiger partial charge in [-0.15, -0.1) is 0 Å². The van der Waals surface area contributed by atoms with Crippen LogP contribution in [0.4, 0.5) is 0 Å². The first-order valence-corrected chi connectivity index (χ1v) is 8.86. The van der Waals surface area contributed by atoms with Gasteiger partial charge in [0.25, 0.3) is 0 Å². The van der Waals surface area contributed by atoms with Crippen molar-refractivity contribution in [2.45, 2.75) is 51.1 Å². The summed E-state index contributed by atoms with van der Waals surface area (Å²) in [6.07, 6.45) is 4.65. The summed E-state index contributed by atoms with van der Waals surface area (Å²) in [5.41, 5.74) is 2.72. The summed E-state index contributed by atoms with van der Waals surface area (Å²) in [5.74, 6) is -0.919. The van der Waals surface area contributed by atoms with Gasteiger partial charge in [-0.25, -0.2) is 0 Å². The molecule has 128 valence electrons. The molecule has 0 bridgehead atoms. The van der Waals surface area contributed by atoms with E-state index in [0.29, 0.717) is 6.61 Å². The lowest BCUT2D eigenvalue weighted by Gasteiger charge is -2.31. The van der Waals surface area contributed by atoms with E-state index < -0.39 is 5.79 Å². The standard InChI is InChI=1S/C21H26O3/c1-2-3-5-13-19-16-23-21(24-19,18-11-6-4-7-12-18)20-14-9-8-10-17(20)15-22/h4,6-12,14,19,22H,2-3,5,13,15-16H2,1H3. The van der Waals surface area contributed by atoms with Crippen LogP contribution in [0.15, 0.2) is 54.6 Å². The van der Waals surface area contributed by atoms with Gasteiger partial charge >= 0.3 is 0 Å². The Bertz CT molecular complexity index is 641. The van der Waals surface area contributed by atoms with Gasteiger partial charge in [0.1, 0.15) is 0 Å². The van der Waals surface area contributed by atoms with Gasteiger partial charge < -0.3 is 14.6 Å². The highest BCUT2D eigenvalue weighted by Crippen LogP contribution is 2.42. The second-order valence-electron chi connectivity index (χ2n) is 6.34. The number of hydrogen-bond acceptors (Lipinski definition) is 3. The van der Waals surface area contributed by atoms with Gasteiger partial charge in [0.05, 0.1) is 19.3 Å². The van der Waals surface area contributed by atoms with Gasteiger partial charge in [0, 0.05) is 11.1 Å². The van der Waals surface area contributed by atoms with Crippen LogP contribution in [0, 0.1) is 0 Å². The van der Waals surface area contributed by atoms with E-state index in [1.807, 2.05) is 54.6 Å². The van der Waals surface area contributed by atoms with Crippen LogP contribution in [0.1, 0.15) is 49.3 Å². The third-order valence-corrected chi connectivity index (χ3v) is 4.63. The van der Waals surface area contributed by atoms with Crippen molar-refractivity contribution in [2.75, 3.05) is 6.61 Å². The quantitative estimate of drug-likeness (QED) is 0.768. The number of benzene rings is 2. The highest BCUT2D eigenvalue weighted by molar-refractivity contribution is 5.39. The molecule has 3 nitrogen and oxygen atoms in total. The fourth-order valence-electron chi connectivity index (χ4n) is 3.36. The summed E-state index contributed by atoms with van der Waals surface area (Å²) in [6.45, 7) is 2.76. The van der Waals surface area contributed by atoms with Crippen LogP contribution >= 0.6 is 0 Å². The summed E-state index contributed by atoms with van der Waals surface area (Å²) in [5, 5.41) is 9.77. The number of hydrogen-bond donors (Lipinski definition) is 1. The molecule has 0 saturated carbocycles. The highest BCUT2D eigenvalue weighted by Gasteiger charge is 2.45. The summed E-state index contributed by atoms with van der Waals surface area (Å²) < 4.78 is 12.7. The van der Waals surface area contributed by atoms with E-state index in [0.717, 1.165) is 29.5 Å². The van der Waals surface area contributed by atoms with Crippen molar-refractivity contribution < 1.29 is 14.6 Å². The summed E-state index contributed by atoms with van der Waals surface area (Å²) in [6, 6.07) is 17.9. The van der Waals surface area contributed by atoms with E-state index in [9.17, 15) is 5.11 Å². The molecule has 1 heterocycles. The topological polar surface area (TPSA) is 38.7 Å². The molecule has 0 aromatic heterocycles. The highest BCUT2D eigenvalue weighted by atomic mass is 16.7. The second kappa shape index (κ2) is 7.93. The molecule has 0 radical (unpaired) electrons. The first kappa shape index (κ1) is 17.2. The first-order chi connectivity index (χ1) is 11.8. The largest absolute Gasteiger partial charge is 0.392 e. The predicted molar refractivity (Wildman–Crippen MR) is 94.6 cm³/mol. The molecular weight excluding hydrogens is 300 g/mol. The fraction of sp³-hybridized carbons (Fsp3) is 0.429. The number of rotatable bonds is 7. The molecule has 0 spiro atoms. The Balaban J connectivity index is 1.95. The minimum Gasteiger partial charge on any atom is -0.392 e. The maximum Gasteiger partial charge on any atom is 0.223 e. The van der Waals surface area contributed by atoms with Gasteiger partial charge in [-0.2, -0.15) is 0 Å². The van der Waals surface area contributed by atoms with Crippen LogP contribution in [-0.2, 0) is 21.9 Å². The van der Waals surface area contributed by atoms with Crippen molar-refractivity contribution in [2.24, 2.45) is 0 Å². The second-order valence-corrected chi connectivity index (χ2v) is 6.34. The zero-order chi connectivity index (χ0) is 16.8. The summed E-state index contributed by atoms with van der Waals surface area (Å²) in [4.78, 5) is 0. The van der Waals surface area contributed by atoms with Gasteiger partial charge in [-0.3, -0.25) is 0 Å². The van der Waals surface area contributed by atoms with Crippen LogP contribution in [0.2, 0.25) is 0 Å².